The zero-order valence-electron chi connectivity index (χ0n) is 15.3. The summed E-state index contributed by atoms with van der Waals surface area (Å²) in [6.07, 6.45) is 0.752. The van der Waals surface area contributed by atoms with Gasteiger partial charge in [0.25, 0.3) is 5.91 Å². The van der Waals surface area contributed by atoms with Crippen molar-refractivity contribution in [1.29, 1.82) is 0 Å². The van der Waals surface area contributed by atoms with Crippen LogP contribution in [0.25, 0.3) is 0 Å². The number of carbonyl (C=O) groups is 1. The molecule has 1 heterocycles. The number of benzene rings is 2. The fourth-order valence-electron chi connectivity index (χ4n) is 2.72. The van der Waals surface area contributed by atoms with Crippen LogP contribution in [0, 0.1) is 13.8 Å². The molecule has 0 aliphatic heterocycles. The minimum Gasteiger partial charge on any atom is -0.488 e. The van der Waals surface area contributed by atoms with E-state index in [0.29, 0.717) is 28.6 Å². The minimum absolute atomic E-state index is 0.220. The van der Waals surface area contributed by atoms with Gasteiger partial charge >= 0.3 is 0 Å². The number of halogens is 1. The standard InChI is InChI=1S/C21H21ClN2O3/c1-14-19(15(2)27-24-14)13-26-20-9-8-17(22)12-18(20)21(25)23-11-10-16-6-4-3-5-7-16/h3-9,12H,10-11,13H2,1-2H3,(H,23,25). The highest BCUT2D eigenvalue weighted by atomic mass is 35.5. The van der Waals surface area contributed by atoms with Gasteiger partial charge in [-0.3, -0.25) is 4.79 Å². The third-order valence-corrected chi connectivity index (χ3v) is 4.52. The molecule has 0 bridgehead atoms. The SMILES string of the molecule is Cc1noc(C)c1COc1ccc(Cl)cc1C(=O)NCCc1ccccc1. The maximum atomic E-state index is 12.6. The van der Waals surface area contributed by atoms with Gasteiger partial charge < -0.3 is 14.6 Å². The molecule has 0 spiro atoms. The van der Waals surface area contributed by atoms with Gasteiger partial charge in [-0.15, -0.1) is 0 Å². The Labute approximate surface area is 163 Å². The van der Waals surface area contributed by atoms with Crippen LogP contribution in [0.1, 0.15) is 32.9 Å². The number of hydrogen-bond donors (Lipinski definition) is 1. The van der Waals surface area contributed by atoms with Crippen molar-refractivity contribution in [1.82, 2.24) is 10.5 Å². The molecule has 3 rings (SSSR count). The summed E-state index contributed by atoms with van der Waals surface area (Å²) >= 11 is 6.08. The first-order chi connectivity index (χ1) is 13.0. The molecule has 0 aliphatic rings. The topological polar surface area (TPSA) is 64.4 Å². The van der Waals surface area contributed by atoms with Crippen LogP contribution in [0.3, 0.4) is 0 Å². The molecule has 6 heteroatoms. The Morgan fingerprint density at radius 1 is 1.19 bits per heavy atom. The molecule has 27 heavy (non-hydrogen) atoms. The molecular weight excluding hydrogens is 364 g/mol. The van der Waals surface area contributed by atoms with E-state index in [1.807, 2.05) is 44.2 Å². The van der Waals surface area contributed by atoms with Crippen molar-refractivity contribution in [3.8, 4) is 5.75 Å². The van der Waals surface area contributed by atoms with Crippen LogP contribution in [0.5, 0.6) is 5.75 Å². The second-order valence-corrected chi connectivity index (χ2v) is 6.66. The van der Waals surface area contributed by atoms with Crippen molar-refractivity contribution >= 4 is 17.5 Å². The lowest BCUT2D eigenvalue weighted by Gasteiger charge is -2.12. The third kappa shape index (κ3) is 4.89. The van der Waals surface area contributed by atoms with Gasteiger partial charge in [0.15, 0.2) is 0 Å². The molecule has 0 aliphatic carbocycles. The Balaban J connectivity index is 1.66. The second-order valence-electron chi connectivity index (χ2n) is 6.22. The average molecular weight is 385 g/mol. The summed E-state index contributed by atoms with van der Waals surface area (Å²) in [6.45, 7) is 4.48. The Morgan fingerprint density at radius 2 is 1.96 bits per heavy atom. The molecule has 0 unspecified atom stereocenters. The molecule has 0 atom stereocenters. The van der Waals surface area contributed by atoms with Gasteiger partial charge in [0.1, 0.15) is 18.1 Å². The van der Waals surface area contributed by atoms with Crippen LogP contribution >= 0.6 is 11.6 Å². The molecule has 5 nitrogen and oxygen atoms in total. The van der Waals surface area contributed by atoms with Gasteiger partial charge in [-0.25, -0.2) is 0 Å². The van der Waals surface area contributed by atoms with E-state index in [0.717, 1.165) is 17.7 Å². The molecule has 1 N–H and O–H groups in total. The number of ether oxygens (including phenoxy) is 1. The number of carbonyl (C=O) groups excluding carboxylic acids is 1. The first kappa shape index (κ1) is 19.0. The van der Waals surface area contributed by atoms with E-state index in [1.165, 1.54) is 5.56 Å². The maximum absolute atomic E-state index is 12.6. The van der Waals surface area contributed by atoms with Gasteiger partial charge in [-0.05, 0) is 44.0 Å². The molecule has 0 radical (unpaired) electrons. The lowest BCUT2D eigenvalue weighted by molar-refractivity contribution is 0.0949. The van der Waals surface area contributed by atoms with Crippen LogP contribution in [-0.2, 0) is 13.0 Å². The number of aromatic nitrogens is 1. The minimum atomic E-state index is -0.220. The van der Waals surface area contributed by atoms with Crippen molar-refractivity contribution in [2.24, 2.45) is 0 Å². The predicted molar refractivity (Wildman–Crippen MR) is 104 cm³/mol. The summed E-state index contributed by atoms with van der Waals surface area (Å²) in [7, 11) is 0. The van der Waals surface area contributed by atoms with Crippen molar-refractivity contribution in [3.05, 3.63) is 81.7 Å². The number of hydrogen-bond acceptors (Lipinski definition) is 4. The van der Waals surface area contributed by atoms with E-state index in [9.17, 15) is 4.79 Å². The van der Waals surface area contributed by atoms with Crippen LogP contribution in [0.15, 0.2) is 53.1 Å². The van der Waals surface area contributed by atoms with Gasteiger partial charge in [-0.1, -0.05) is 47.1 Å². The summed E-state index contributed by atoms with van der Waals surface area (Å²) in [4.78, 5) is 12.6. The van der Waals surface area contributed by atoms with Crippen molar-refractivity contribution in [2.75, 3.05) is 6.54 Å². The maximum Gasteiger partial charge on any atom is 0.255 e. The smallest absolute Gasteiger partial charge is 0.255 e. The van der Waals surface area contributed by atoms with Crippen LogP contribution in [0.2, 0.25) is 5.02 Å². The zero-order valence-corrected chi connectivity index (χ0v) is 16.0. The van der Waals surface area contributed by atoms with Gasteiger partial charge in [-0.2, -0.15) is 0 Å². The number of nitrogens with zero attached hydrogens (tertiary/aromatic N) is 1. The highest BCUT2D eigenvalue weighted by Gasteiger charge is 2.15. The highest BCUT2D eigenvalue weighted by Crippen LogP contribution is 2.25. The molecule has 3 aromatic rings. The van der Waals surface area contributed by atoms with E-state index in [-0.39, 0.29) is 12.5 Å². The van der Waals surface area contributed by atoms with Crippen LogP contribution < -0.4 is 10.1 Å². The summed E-state index contributed by atoms with van der Waals surface area (Å²) in [5.74, 6) is 0.953. The number of aryl methyl sites for hydroxylation is 2. The first-order valence-corrected chi connectivity index (χ1v) is 9.08. The highest BCUT2D eigenvalue weighted by molar-refractivity contribution is 6.31. The monoisotopic (exact) mass is 384 g/mol. The van der Waals surface area contributed by atoms with Crippen LogP contribution in [0.4, 0.5) is 0 Å². The van der Waals surface area contributed by atoms with E-state index >= 15 is 0 Å². The molecule has 0 saturated heterocycles. The number of rotatable bonds is 7. The molecule has 1 aromatic heterocycles. The number of nitrogens with one attached hydrogen (secondary N) is 1. The summed E-state index contributed by atoms with van der Waals surface area (Å²) in [5.41, 5.74) is 3.22. The fourth-order valence-corrected chi connectivity index (χ4v) is 2.90. The van der Waals surface area contributed by atoms with E-state index in [2.05, 4.69) is 10.5 Å². The first-order valence-electron chi connectivity index (χ1n) is 8.71. The lowest BCUT2D eigenvalue weighted by atomic mass is 10.1. The second kappa shape index (κ2) is 8.73. The molecule has 0 saturated carbocycles. The molecule has 140 valence electrons. The Hall–Kier alpha value is -2.79. The molecule has 1 amide bonds. The van der Waals surface area contributed by atoms with Crippen molar-refractivity contribution in [3.63, 3.8) is 0 Å². The Kier molecular flexibility index (Phi) is 6.14. The summed E-state index contributed by atoms with van der Waals surface area (Å²) < 4.78 is 11.0. The zero-order chi connectivity index (χ0) is 19.2. The van der Waals surface area contributed by atoms with Crippen LogP contribution in [-0.4, -0.2) is 17.6 Å². The Bertz CT molecular complexity index is 903. The van der Waals surface area contributed by atoms with E-state index < -0.39 is 0 Å². The van der Waals surface area contributed by atoms with E-state index in [4.69, 9.17) is 20.9 Å². The van der Waals surface area contributed by atoms with Crippen molar-refractivity contribution < 1.29 is 14.1 Å². The lowest BCUT2D eigenvalue weighted by Crippen LogP contribution is -2.26. The summed E-state index contributed by atoms with van der Waals surface area (Å²) in [5, 5.41) is 7.32. The predicted octanol–water partition coefficient (Wildman–Crippen LogP) is 4.50. The van der Waals surface area contributed by atoms with Gasteiger partial charge in [0, 0.05) is 11.6 Å². The molecule has 2 aromatic carbocycles. The third-order valence-electron chi connectivity index (χ3n) is 4.28. The van der Waals surface area contributed by atoms with E-state index in [1.54, 1.807) is 18.2 Å². The summed E-state index contributed by atoms with van der Waals surface area (Å²) in [6, 6.07) is 15.0. The normalized spacial score (nSPS) is 10.6. The molecular formula is C21H21ClN2O3. The van der Waals surface area contributed by atoms with Crippen molar-refractivity contribution in [2.45, 2.75) is 26.9 Å². The fraction of sp³-hybridized carbons (Fsp3) is 0.238. The largest absolute Gasteiger partial charge is 0.488 e. The quantitative estimate of drug-likeness (QED) is 0.651. The number of amides is 1. The van der Waals surface area contributed by atoms with Gasteiger partial charge in [0.05, 0.1) is 16.8 Å². The Morgan fingerprint density at radius 3 is 2.67 bits per heavy atom. The average Bonchev–Trinajstić information content (AvgIpc) is 2.99. The van der Waals surface area contributed by atoms with Gasteiger partial charge in [0.2, 0.25) is 0 Å². The molecule has 0 fully saturated rings.